The number of likely N-dealkylation sites (tertiary alicyclic amines) is 1. The Morgan fingerprint density at radius 2 is 2.12 bits per heavy atom. The van der Waals surface area contributed by atoms with Gasteiger partial charge >= 0.3 is 0 Å². The number of piperidine rings is 1. The molecular formula is C20H23NO4. The summed E-state index contributed by atoms with van der Waals surface area (Å²) < 4.78 is 6.04. The smallest absolute Gasteiger partial charge is 0.174 e. The molecule has 2 bridgehead atoms. The Morgan fingerprint density at radius 1 is 1.28 bits per heavy atom. The number of aliphatic hydroxyl groups is 1. The average Bonchev–Trinajstić information content (AvgIpc) is 3.32. The van der Waals surface area contributed by atoms with Gasteiger partial charge < -0.3 is 14.9 Å². The maximum atomic E-state index is 12.7. The molecule has 6 rings (SSSR count). The zero-order chi connectivity index (χ0) is 17.0. The first-order chi connectivity index (χ1) is 12.0. The first-order valence-electron chi connectivity index (χ1n) is 9.56. The van der Waals surface area contributed by atoms with Crippen molar-refractivity contribution < 1.29 is 19.7 Å². The molecule has 0 aromatic heterocycles. The monoisotopic (exact) mass is 341 g/mol. The third-order valence-corrected chi connectivity index (χ3v) is 7.56. The van der Waals surface area contributed by atoms with Crippen LogP contribution < -0.4 is 4.74 Å². The highest BCUT2D eigenvalue weighted by Gasteiger charge is 2.73. The minimum atomic E-state index is -0.940. The van der Waals surface area contributed by atoms with Gasteiger partial charge in [-0.2, -0.15) is 0 Å². The van der Waals surface area contributed by atoms with Gasteiger partial charge in [0.25, 0.3) is 0 Å². The van der Waals surface area contributed by atoms with E-state index in [1.54, 1.807) is 6.07 Å². The maximum absolute atomic E-state index is 12.7. The van der Waals surface area contributed by atoms with Crippen LogP contribution in [0.4, 0.5) is 0 Å². The van der Waals surface area contributed by atoms with Crippen LogP contribution in [0, 0.1) is 5.92 Å². The van der Waals surface area contributed by atoms with Crippen LogP contribution in [0.25, 0.3) is 0 Å². The second-order valence-corrected chi connectivity index (χ2v) is 8.72. The average molecular weight is 341 g/mol. The van der Waals surface area contributed by atoms with Gasteiger partial charge in [0.2, 0.25) is 0 Å². The summed E-state index contributed by atoms with van der Waals surface area (Å²) in [6, 6.07) is 3.69. The topological polar surface area (TPSA) is 70.0 Å². The molecule has 2 aliphatic heterocycles. The van der Waals surface area contributed by atoms with Gasteiger partial charge in [0.05, 0.1) is 11.0 Å². The van der Waals surface area contributed by atoms with Gasteiger partial charge in [-0.15, -0.1) is 0 Å². The minimum Gasteiger partial charge on any atom is -0.504 e. The SMILES string of the molecule is O=C1CCC2(O)[C@H]3Cc4ccc(O)c5c4[C@@]2(CCN3CC2CC2)[C@H]1O5. The summed E-state index contributed by atoms with van der Waals surface area (Å²) in [5.41, 5.74) is 0.454. The fourth-order valence-corrected chi connectivity index (χ4v) is 6.26. The Bertz CT molecular complexity index is 803. The van der Waals surface area contributed by atoms with Crippen LogP contribution in [0.15, 0.2) is 12.1 Å². The number of ketones is 1. The largest absolute Gasteiger partial charge is 0.504 e. The zero-order valence-corrected chi connectivity index (χ0v) is 14.2. The quantitative estimate of drug-likeness (QED) is 0.854. The molecule has 2 saturated carbocycles. The van der Waals surface area contributed by atoms with Gasteiger partial charge in [-0.25, -0.2) is 0 Å². The Hall–Kier alpha value is -1.59. The van der Waals surface area contributed by atoms with Crippen molar-refractivity contribution in [2.24, 2.45) is 5.92 Å². The highest BCUT2D eigenvalue weighted by Crippen LogP contribution is 2.64. The lowest BCUT2D eigenvalue weighted by molar-refractivity contribution is -0.188. The fourth-order valence-electron chi connectivity index (χ4n) is 6.26. The molecule has 5 heteroatoms. The molecule has 4 atom stereocenters. The van der Waals surface area contributed by atoms with Gasteiger partial charge in [-0.05, 0) is 56.2 Å². The standard InChI is InChI=1S/C20H23NO4/c22-13-4-3-12-9-15-20(24)6-5-14(23)18-19(20,16(12)17(13)25-18)7-8-21(15)10-11-1-2-11/h3-4,11,15,18,22,24H,1-2,5-10H2/t15-,18+,19+,20?/m1/s1. The predicted octanol–water partition coefficient (Wildman–Crippen LogP) is 1.53. The van der Waals surface area contributed by atoms with Crippen LogP contribution in [0.5, 0.6) is 11.5 Å². The number of phenolic OH excluding ortho intramolecular Hbond substituents is 1. The van der Waals surface area contributed by atoms with E-state index in [1.165, 1.54) is 12.8 Å². The van der Waals surface area contributed by atoms with E-state index in [9.17, 15) is 15.0 Å². The lowest BCUT2D eigenvalue weighted by Crippen LogP contribution is -2.76. The number of nitrogens with zero attached hydrogens (tertiary/aromatic N) is 1. The minimum absolute atomic E-state index is 0.0454. The number of carbonyl (C=O) groups is 1. The summed E-state index contributed by atoms with van der Waals surface area (Å²) in [6.07, 6.45) is 4.33. The van der Waals surface area contributed by atoms with Crippen LogP contribution in [-0.2, 0) is 16.6 Å². The summed E-state index contributed by atoms with van der Waals surface area (Å²) in [7, 11) is 0. The molecule has 5 nitrogen and oxygen atoms in total. The zero-order valence-electron chi connectivity index (χ0n) is 14.2. The number of Topliss-reactive ketones (excluding diaryl/α,β-unsaturated/α-hetero) is 1. The Labute approximate surface area is 146 Å². The van der Waals surface area contributed by atoms with E-state index < -0.39 is 17.1 Å². The number of ether oxygens (including phenoxy) is 1. The van der Waals surface area contributed by atoms with Crippen LogP contribution in [0.3, 0.4) is 0 Å². The van der Waals surface area contributed by atoms with E-state index in [4.69, 9.17) is 4.74 Å². The molecule has 2 heterocycles. The van der Waals surface area contributed by atoms with Crippen molar-refractivity contribution in [3.05, 3.63) is 23.3 Å². The number of aromatic hydroxyl groups is 1. The molecule has 1 spiro atoms. The molecule has 25 heavy (non-hydrogen) atoms. The van der Waals surface area contributed by atoms with E-state index in [1.807, 2.05) is 6.07 Å². The molecule has 5 aliphatic rings. The molecular weight excluding hydrogens is 318 g/mol. The van der Waals surface area contributed by atoms with Crippen molar-refractivity contribution in [2.45, 2.75) is 61.7 Å². The fraction of sp³-hybridized carbons (Fsp3) is 0.650. The molecule has 0 radical (unpaired) electrons. The maximum Gasteiger partial charge on any atom is 0.174 e. The molecule has 0 amide bonds. The highest BCUT2D eigenvalue weighted by atomic mass is 16.5. The van der Waals surface area contributed by atoms with E-state index in [-0.39, 0.29) is 17.6 Å². The predicted molar refractivity (Wildman–Crippen MR) is 89.8 cm³/mol. The molecule has 1 unspecified atom stereocenters. The van der Waals surface area contributed by atoms with E-state index in [2.05, 4.69) is 4.90 Å². The number of benzene rings is 1. The molecule has 1 saturated heterocycles. The van der Waals surface area contributed by atoms with Crippen molar-refractivity contribution in [2.75, 3.05) is 13.1 Å². The number of hydrogen-bond donors (Lipinski definition) is 2. The summed E-state index contributed by atoms with van der Waals surface area (Å²) in [5, 5.41) is 22.3. The molecule has 3 aliphatic carbocycles. The van der Waals surface area contributed by atoms with Gasteiger partial charge in [0.1, 0.15) is 0 Å². The van der Waals surface area contributed by atoms with Crippen LogP contribution in [-0.4, -0.2) is 51.7 Å². The summed E-state index contributed by atoms with van der Waals surface area (Å²) in [5.74, 6) is 1.39. The first kappa shape index (κ1) is 14.6. The third kappa shape index (κ3) is 1.56. The van der Waals surface area contributed by atoms with Crippen LogP contribution in [0.1, 0.15) is 43.2 Å². The van der Waals surface area contributed by atoms with E-state index in [0.29, 0.717) is 18.6 Å². The number of rotatable bonds is 2. The van der Waals surface area contributed by atoms with Crippen molar-refractivity contribution in [3.63, 3.8) is 0 Å². The van der Waals surface area contributed by atoms with Crippen molar-refractivity contribution >= 4 is 5.78 Å². The van der Waals surface area contributed by atoms with Gasteiger partial charge in [0.15, 0.2) is 23.4 Å². The second kappa shape index (κ2) is 4.38. The molecule has 132 valence electrons. The first-order valence-corrected chi connectivity index (χ1v) is 9.56. The molecule has 1 aromatic rings. The van der Waals surface area contributed by atoms with Crippen molar-refractivity contribution in [3.8, 4) is 11.5 Å². The van der Waals surface area contributed by atoms with Crippen LogP contribution in [0.2, 0.25) is 0 Å². The lowest BCUT2D eigenvalue weighted by atomic mass is 9.49. The van der Waals surface area contributed by atoms with Crippen molar-refractivity contribution in [1.82, 2.24) is 4.90 Å². The molecule has 3 fully saturated rings. The molecule has 1 aromatic carbocycles. The van der Waals surface area contributed by atoms with Gasteiger partial charge in [-0.1, -0.05) is 6.07 Å². The number of hydrogen-bond acceptors (Lipinski definition) is 5. The molecule has 2 N–H and O–H groups in total. The van der Waals surface area contributed by atoms with E-state index >= 15 is 0 Å². The van der Waals surface area contributed by atoms with Crippen LogP contribution >= 0.6 is 0 Å². The Kier molecular flexibility index (Phi) is 2.55. The van der Waals surface area contributed by atoms with E-state index in [0.717, 1.165) is 43.0 Å². The normalized spacial score (nSPS) is 41.4. The summed E-state index contributed by atoms with van der Waals surface area (Å²) in [4.78, 5) is 15.2. The Morgan fingerprint density at radius 3 is 2.92 bits per heavy atom. The number of phenols is 1. The van der Waals surface area contributed by atoms with Gasteiger partial charge in [-0.3, -0.25) is 9.69 Å². The lowest BCUT2D eigenvalue weighted by Gasteiger charge is -2.62. The highest BCUT2D eigenvalue weighted by molar-refractivity contribution is 5.90. The number of carbonyl (C=O) groups excluding carboxylic acids is 1. The Balaban J connectivity index is 1.58. The summed E-state index contributed by atoms with van der Waals surface area (Å²) in [6.45, 7) is 1.95. The summed E-state index contributed by atoms with van der Waals surface area (Å²) >= 11 is 0. The van der Waals surface area contributed by atoms with Gasteiger partial charge in [0, 0.05) is 24.6 Å². The third-order valence-electron chi connectivity index (χ3n) is 7.56. The van der Waals surface area contributed by atoms with Crippen molar-refractivity contribution in [1.29, 1.82) is 0 Å². The second-order valence-electron chi connectivity index (χ2n) is 8.72.